The van der Waals surface area contributed by atoms with Crippen LogP contribution in [0, 0.1) is 25.0 Å². The molecule has 266 valence electrons. The van der Waals surface area contributed by atoms with E-state index < -0.39 is 0 Å². The van der Waals surface area contributed by atoms with Crippen LogP contribution in [0.1, 0.15) is 96.7 Å². The summed E-state index contributed by atoms with van der Waals surface area (Å²) in [6, 6.07) is 27.6. The van der Waals surface area contributed by atoms with Crippen molar-refractivity contribution < 1.29 is 30.5 Å². The summed E-state index contributed by atoms with van der Waals surface area (Å²) in [5.41, 5.74) is 8.79. The molecule has 0 saturated heterocycles. The summed E-state index contributed by atoms with van der Waals surface area (Å²) < 4.78 is 16.4. The Morgan fingerprint density at radius 3 is 2.33 bits per heavy atom. The quantitative estimate of drug-likeness (QED) is 0.124. The van der Waals surface area contributed by atoms with Crippen molar-refractivity contribution >= 4 is 21.8 Å². The van der Waals surface area contributed by atoms with Crippen LogP contribution in [0.2, 0.25) is 0 Å². The van der Waals surface area contributed by atoms with E-state index in [-0.39, 0.29) is 31.9 Å². The first-order chi connectivity index (χ1) is 23.7. The van der Waals surface area contributed by atoms with Crippen molar-refractivity contribution in [3.8, 4) is 28.8 Å². The fraction of sp³-hybridized carbons (Fsp3) is 0.364. The SMILES string of the molecule is COc1ccnc(-n2c3[c-]c(Oc4[c-]c(-n5nc(C(C)(C)C)c(C6C(C)=CCC[C@@H]6C)c5C(C)(C)C)cc(C)c4)ccc3c3ccccc32)c1.[Pt+2]. The summed E-state index contributed by atoms with van der Waals surface area (Å²) in [5, 5.41) is 7.64. The topological polar surface area (TPSA) is 54.1 Å². The molecule has 6 nitrogen and oxygen atoms in total. The molecule has 7 rings (SSSR count). The van der Waals surface area contributed by atoms with Crippen molar-refractivity contribution in [1.29, 1.82) is 0 Å². The normalized spacial score (nSPS) is 16.6. The number of para-hydroxylation sites is 1. The van der Waals surface area contributed by atoms with E-state index in [2.05, 4.69) is 120 Å². The van der Waals surface area contributed by atoms with E-state index in [1.165, 1.54) is 23.3 Å². The van der Waals surface area contributed by atoms with Crippen molar-refractivity contribution in [3.63, 3.8) is 0 Å². The molecule has 6 aromatic rings. The van der Waals surface area contributed by atoms with Crippen LogP contribution < -0.4 is 9.47 Å². The second-order valence-corrected chi connectivity index (χ2v) is 16.0. The molecule has 0 aliphatic heterocycles. The van der Waals surface area contributed by atoms with E-state index >= 15 is 0 Å². The number of benzene rings is 3. The minimum atomic E-state index is -0.164. The van der Waals surface area contributed by atoms with Crippen molar-refractivity contribution in [1.82, 2.24) is 19.3 Å². The van der Waals surface area contributed by atoms with Gasteiger partial charge in [0.2, 0.25) is 0 Å². The molecular weight excluding hydrogens is 812 g/mol. The number of methoxy groups -OCH3 is 1. The van der Waals surface area contributed by atoms with Gasteiger partial charge in [-0.25, -0.2) is 4.98 Å². The van der Waals surface area contributed by atoms with Gasteiger partial charge in [-0.3, -0.25) is 4.68 Å². The van der Waals surface area contributed by atoms with E-state index in [9.17, 15) is 0 Å². The monoisotopic (exact) mass is 859 g/mol. The average molecular weight is 860 g/mol. The van der Waals surface area contributed by atoms with Gasteiger partial charge in [-0.2, -0.15) is 16.7 Å². The van der Waals surface area contributed by atoms with Gasteiger partial charge in [0.1, 0.15) is 11.6 Å². The second-order valence-electron chi connectivity index (χ2n) is 16.0. The Bertz CT molecular complexity index is 2260. The summed E-state index contributed by atoms with van der Waals surface area (Å²) >= 11 is 0. The number of ether oxygens (including phenoxy) is 2. The Balaban J connectivity index is 0.00000448. The Hall–Kier alpha value is -4.15. The maximum Gasteiger partial charge on any atom is 2.00 e. The Morgan fingerprint density at radius 1 is 0.863 bits per heavy atom. The standard InChI is InChI=1S/C44H48N4O2.Pt/c1-27-22-30(48-42(44(7,8)9)40(41(46-48)43(4,5)6)39-28(2)14-13-15-29(39)3)24-33(23-27)50-32-18-19-35-34-16-11-12-17-36(34)47(37(35)25-32)38-26-31(49-10)20-21-45-38;/h11-12,14,16-23,26,29,39H,13,15H2,1-10H3;/q-2;+2/t29-,39?;/m0./s1. The number of nitrogens with zero attached hydrogens (tertiary/aromatic N) is 4. The molecule has 1 aliphatic rings. The summed E-state index contributed by atoms with van der Waals surface area (Å²) in [4.78, 5) is 4.70. The molecule has 0 amide bonds. The molecule has 0 bridgehead atoms. The minimum absolute atomic E-state index is 0. The van der Waals surface area contributed by atoms with Crippen molar-refractivity contribution in [2.45, 2.75) is 91.9 Å². The fourth-order valence-corrected chi connectivity index (χ4v) is 7.77. The second kappa shape index (κ2) is 13.8. The smallest absolute Gasteiger partial charge is 0.509 e. The summed E-state index contributed by atoms with van der Waals surface area (Å²) in [7, 11) is 1.67. The van der Waals surface area contributed by atoms with E-state index in [0.717, 1.165) is 56.7 Å². The largest absolute Gasteiger partial charge is 2.00 e. The van der Waals surface area contributed by atoms with Gasteiger partial charge in [0.05, 0.1) is 18.5 Å². The van der Waals surface area contributed by atoms with E-state index in [1.807, 2.05) is 30.3 Å². The number of aromatic nitrogens is 4. The maximum absolute atomic E-state index is 6.62. The fourth-order valence-electron chi connectivity index (χ4n) is 7.77. The first-order valence-electron chi connectivity index (χ1n) is 17.7. The molecule has 3 heterocycles. The predicted octanol–water partition coefficient (Wildman–Crippen LogP) is 11.1. The molecule has 0 spiro atoms. The van der Waals surface area contributed by atoms with E-state index in [4.69, 9.17) is 19.6 Å². The van der Waals surface area contributed by atoms with Crippen LogP contribution in [0.5, 0.6) is 17.2 Å². The van der Waals surface area contributed by atoms with Gasteiger partial charge in [0.25, 0.3) is 0 Å². The van der Waals surface area contributed by atoms with Gasteiger partial charge < -0.3 is 14.0 Å². The van der Waals surface area contributed by atoms with Crippen LogP contribution >= 0.6 is 0 Å². The van der Waals surface area contributed by atoms with Gasteiger partial charge >= 0.3 is 21.1 Å². The average Bonchev–Trinajstić information content (AvgIpc) is 3.62. The Morgan fingerprint density at radius 2 is 1.63 bits per heavy atom. The zero-order valence-corrected chi connectivity index (χ0v) is 33.7. The van der Waals surface area contributed by atoms with Gasteiger partial charge in [0, 0.05) is 51.6 Å². The molecule has 0 radical (unpaired) electrons. The first-order valence-corrected chi connectivity index (χ1v) is 17.7. The number of aryl methyl sites for hydroxylation is 1. The third-order valence-electron chi connectivity index (χ3n) is 9.96. The Kier molecular flexibility index (Phi) is 9.89. The first kappa shape index (κ1) is 36.6. The molecule has 0 fully saturated rings. The zero-order chi connectivity index (χ0) is 35.5. The van der Waals surface area contributed by atoms with Crippen molar-refractivity contribution in [2.75, 3.05) is 7.11 Å². The summed E-state index contributed by atoms with van der Waals surface area (Å²) in [6.45, 7) is 20.6. The summed E-state index contributed by atoms with van der Waals surface area (Å²) in [6.07, 6.45) is 6.52. The molecule has 51 heavy (non-hydrogen) atoms. The number of fused-ring (bicyclic) bond motifs is 3. The third-order valence-corrected chi connectivity index (χ3v) is 9.96. The predicted molar refractivity (Wildman–Crippen MR) is 203 cm³/mol. The van der Waals surface area contributed by atoms with Crippen LogP contribution in [0.3, 0.4) is 0 Å². The molecule has 2 atom stereocenters. The van der Waals surface area contributed by atoms with Gasteiger partial charge in [-0.05, 0) is 48.9 Å². The van der Waals surface area contributed by atoms with Crippen LogP contribution in [0.15, 0.2) is 78.5 Å². The van der Waals surface area contributed by atoms with Gasteiger partial charge in [-0.15, -0.1) is 35.7 Å². The van der Waals surface area contributed by atoms with Gasteiger partial charge in [0.15, 0.2) is 0 Å². The molecule has 0 saturated carbocycles. The van der Waals surface area contributed by atoms with E-state index in [1.54, 1.807) is 13.3 Å². The molecule has 7 heteroatoms. The molecule has 3 aromatic carbocycles. The number of allylic oxidation sites excluding steroid dienone is 2. The molecule has 0 N–H and O–H groups in total. The molecule has 3 aromatic heterocycles. The van der Waals surface area contributed by atoms with Crippen molar-refractivity contribution in [2.24, 2.45) is 5.92 Å². The Labute approximate surface area is 317 Å². The van der Waals surface area contributed by atoms with Crippen molar-refractivity contribution in [3.05, 3.63) is 113 Å². The maximum atomic E-state index is 6.62. The van der Waals surface area contributed by atoms with Crippen LogP contribution in [0.4, 0.5) is 0 Å². The van der Waals surface area contributed by atoms with Gasteiger partial charge in [-0.1, -0.05) is 90.8 Å². The van der Waals surface area contributed by atoms with Crippen LogP contribution in [0.25, 0.3) is 33.3 Å². The molecular formula is C44H48N4O2Pt. The molecule has 1 aliphatic carbocycles. The van der Waals surface area contributed by atoms with Crippen LogP contribution in [-0.4, -0.2) is 26.4 Å². The number of rotatable bonds is 6. The number of hydrogen-bond donors (Lipinski definition) is 0. The third kappa shape index (κ3) is 6.80. The van der Waals surface area contributed by atoms with Crippen LogP contribution in [-0.2, 0) is 31.9 Å². The minimum Gasteiger partial charge on any atom is -0.509 e. The summed E-state index contributed by atoms with van der Waals surface area (Å²) in [5.74, 6) is 3.58. The number of hydrogen-bond acceptors (Lipinski definition) is 4. The zero-order valence-electron chi connectivity index (χ0n) is 31.4. The van der Waals surface area contributed by atoms with E-state index in [0.29, 0.717) is 23.3 Å². The number of pyridine rings is 1. The molecule has 1 unspecified atom stereocenters.